The molecule has 1 heterocycles. The van der Waals surface area contributed by atoms with E-state index >= 15 is 0 Å². The molecule has 1 fully saturated rings. The van der Waals surface area contributed by atoms with Crippen molar-refractivity contribution in [3.8, 4) is 5.75 Å². The average Bonchev–Trinajstić information content (AvgIpc) is 2.43. The minimum absolute atomic E-state index is 0.0192. The minimum Gasteiger partial charge on any atom is -0.508 e. The van der Waals surface area contributed by atoms with Crippen LogP contribution in [0.25, 0.3) is 0 Å². The summed E-state index contributed by atoms with van der Waals surface area (Å²) < 4.78 is 0. The fourth-order valence-electron chi connectivity index (χ4n) is 3.18. The summed E-state index contributed by atoms with van der Waals surface area (Å²) in [4.78, 5) is 14.3. The molecule has 0 saturated carbocycles. The Hall–Kier alpha value is -1.55. The summed E-state index contributed by atoms with van der Waals surface area (Å²) >= 11 is 0. The molecule has 0 spiro atoms. The van der Waals surface area contributed by atoms with Gasteiger partial charge in [0.05, 0.1) is 12.0 Å². The van der Waals surface area contributed by atoms with Gasteiger partial charge in [-0.3, -0.25) is 4.79 Å². The van der Waals surface area contributed by atoms with E-state index in [2.05, 4.69) is 13.8 Å². The maximum atomic E-state index is 12.5. The predicted octanol–water partition coefficient (Wildman–Crippen LogP) is 2.58. The van der Waals surface area contributed by atoms with Crippen LogP contribution in [0.15, 0.2) is 24.3 Å². The van der Waals surface area contributed by atoms with Crippen molar-refractivity contribution in [3.05, 3.63) is 29.8 Å². The highest BCUT2D eigenvalue weighted by Gasteiger charge is 2.39. The zero-order chi connectivity index (χ0) is 16.3. The highest BCUT2D eigenvalue weighted by Crippen LogP contribution is 2.32. The van der Waals surface area contributed by atoms with Crippen LogP contribution in [0.5, 0.6) is 5.75 Å². The van der Waals surface area contributed by atoms with Crippen molar-refractivity contribution in [1.29, 1.82) is 0 Å². The van der Waals surface area contributed by atoms with E-state index in [0.717, 1.165) is 6.42 Å². The number of aromatic hydroxyl groups is 1. The number of hydrogen-bond donors (Lipinski definition) is 2. The molecule has 4 heteroatoms. The van der Waals surface area contributed by atoms with Gasteiger partial charge in [-0.15, -0.1) is 0 Å². The summed E-state index contributed by atoms with van der Waals surface area (Å²) in [7, 11) is 0. The largest absolute Gasteiger partial charge is 0.508 e. The van der Waals surface area contributed by atoms with Gasteiger partial charge in [0.25, 0.3) is 0 Å². The van der Waals surface area contributed by atoms with Crippen LogP contribution in [0.2, 0.25) is 0 Å². The number of piperidine rings is 1. The molecule has 1 aromatic rings. The maximum Gasteiger partial charge on any atom is 0.227 e. The Morgan fingerprint density at radius 3 is 2.73 bits per heavy atom. The van der Waals surface area contributed by atoms with Gasteiger partial charge in [-0.05, 0) is 31.7 Å². The Kier molecular flexibility index (Phi) is 5.12. The predicted molar refractivity (Wildman–Crippen MR) is 86.6 cm³/mol. The van der Waals surface area contributed by atoms with Gasteiger partial charge in [0.1, 0.15) is 5.75 Å². The number of rotatable bonds is 4. The van der Waals surface area contributed by atoms with Gasteiger partial charge in [-0.2, -0.15) is 0 Å². The molecule has 1 saturated heterocycles. The van der Waals surface area contributed by atoms with Crippen LogP contribution in [0, 0.1) is 11.8 Å². The van der Waals surface area contributed by atoms with Gasteiger partial charge in [0.2, 0.25) is 5.91 Å². The number of likely N-dealkylation sites (tertiary alicyclic amines) is 1. The van der Waals surface area contributed by atoms with Crippen LogP contribution < -0.4 is 0 Å². The van der Waals surface area contributed by atoms with Gasteiger partial charge >= 0.3 is 0 Å². The maximum absolute atomic E-state index is 12.5. The summed E-state index contributed by atoms with van der Waals surface area (Å²) in [6.07, 6.45) is 1.73. The zero-order valence-electron chi connectivity index (χ0n) is 13.7. The molecule has 0 radical (unpaired) electrons. The second kappa shape index (κ2) is 6.69. The van der Waals surface area contributed by atoms with E-state index in [1.807, 2.05) is 17.9 Å². The third-order valence-electron chi connectivity index (χ3n) is 4.65. The van der Waals surface area contributed by atoms with Crippen molar-refractivity contribution in [2.45, 2.75) is 45.6 Å². The summed E-state index contributed by atoms with van der Waals surface area (Å²) in [5.74, 6) is 0.781. The first-order valence-corrected chi connectivity index (χ1v) is 8.06. The van der Waals surface area contributed by atoms with Crippen LogP contribution in [0.4, 0.5) is 0 Å². The average molecular weight is 305 g/mol. The third-order valence-corrected chi connectivity index (χ3v) is 4.65. The van der Waals surface area contributed by atoms with E-state index in [0.29, 0.717) is 31.0 Å². The molecule has 2 N–H and O–H groups in total. The van der Waals surface area contributed by atoms with Crippen LogP contribution in [-0.4, -0.2) is 39.7 Å². The number of phenolic OH excluding ortho intramolecular Hbond substituents is 1. The first kappa shape index (κ1) is 16.8. The Balaban J connectivity index is 2.03. The van der Waals surface area contributed by atoms with Crippen LogP contribution >= 0.6 is 0 Å². The lowest BCUT2D eigenvalue weighted by Crippen LogP contribution is -2.52. The van der Waals surface area contributed by atoms with Crippen molar-refractivity contribution < 1.29 is 15.0 Å². The molecule has 1 aliphatic heterocycles. The minimum atomic E-state index is -0.698. The topological polar surface area (TPSA) is 60.8 Å². The smallest absolute Gasteiger partial charge is 0.227 e. The monoisotopic (exact) mass is 305 g/mol. The summed E-state index contributed by atoms with van der Waals surface area (Å²) in [5.41, 5.74) is -0.0408. The van der Waals surface area contributed by atoms with Crippen LogP contribution in [0.1, 0.15) is 39.2 Å². The van der Waals surface area contributed by atoms with E-state index in [1.165, 1.54) is 0 Å². The molecule has 1 aliphatic rings. The van der Waals surface area contributed by atoms with Gasteiger partial charge < -0.3 is 15.1 Å². The number of carbonyl (C=O) groups is 1. The fraction of sp³-hybridized carbons (Fsp3) is 0.611. The summed E-state index contributed by atoms with van der Waals surface area (Å²) in [6.45, 7) is 7.33. The fourth-order valence-corrected chi connectivity index (χ4v) is 3.18. The molecular formula is C18H27NO3. The lowest BCUT2D eigenvalue weighted by Gasteiger charge is -2.43. The zero-order valence-corrected chi connectivity index (χ0v) is 13.7. The summed E-state index contributed by atoms with van der Waals surface area (Å²) in [5, 5.41) is 20.3. The molecular weight excluding hydrogens is 278 g/mol. The van der Waals surface area contributed by atoms with Crippen LogP contribution in [0.3, 0.4) is 0 Å². The van der Waals surface area contributed by atoms with Gasteiger partial charge in [0.15, 0.2) is 0 Å². The number of hydrogen-bond acceptors (Lipinski definition) is 3. The number of amides is 1. The molecule has 0 aromatic heterocycles. The number of benzene rings is 1. The van der Waals surface area contributed by atoms with Crippen molar-refractivity contribution in [2.75, 3.05) is 13.1 Å². The molecule has 122 valence electrons. The number of aliphatic hydroxyl groups is 1. The summed E-state index contributed by atoms with van der Waals surface area (Å²) in [6, 6.07) is 6.95. The van der Waals surface area contributed by atoms with Gasteiger partial charge in [-0.1, -0.05) is 32.0 Å². The molecule has 22 heavy (non-hydrogen) atoms. The van der Waals surface area contributed by atoms with Crippen molar-refractivity contribution in [3.63, 3.8) is 0 Å². The number of carbonyl (C=O) groups excluding carboxylic acids is 1. The van der Waals surface area contributed by atoms with E-state index in [4.69, 9.17) is 0 Å². The lowest BCUT2D eigenvalue weighted by molar-refractivity contribution is -0.138. The van der Waals surface area contributed by atoms with Gasteiger partial charge in [0, 0.05) is 24.6 Å². The van der Waals surface area contributed by atoms with E-state index in [1.54, 1.807) is 18.2 Å². The Morgan fingerprint density at radius 2 is 2.09 bits per heavy atom. The van der Waals surface area contributed by atoms with E-state index in [9.17, 15) is 15.0 Å². The Labute approximate surface area is 132 Å². The number of nitrogens with zero attached hydrogens (tertiary/aromatic N) is 1. The lowest BCUT2D eigenvalue weighted by atomic mass is 9.78. The highest BCUT2D eigenvalue weighted by atomic mass is 16.3. The molecule has 2 rings (SSSR count). The van der Waals surface area contributed by atoms with E-state index < -0.39 is 5.60 Å². The molecule has 0 aliphatic carbocycles. The molecule has 2 atom stereocenters. The second-order valence-electron chi connectivity index (χ2n) is 7.08. The Bertz CT molecular complexity index is 525. The number of para-hydroxylation sites is 1. The van der Waals surface area contributed by atoms with Crippen molar-refractivity contribution in [2.24, 2.45) is 11.8 Å². The molecule has 0 unspecified atom stereocenters. The normalized spacial score (nSPS) is 25.5. The van der Waals surface area contributed by atoms with Crippen molar-refractivity contribution in [1.82, 2.24) is 4.90 Å². The SMILES string of the molecule is CC(C)C[C@H]1CN(C(=O)Cc2ccccc2O)CC[C@@]1(C)O. The first-order valence-electron chi connectivity index (χ1n) is 8.06. The first-order chi connectivity index (χ1) is 10.3. The standard InChI is InChI=1S/C18H27NO3/c1-13(2)10-15-12-19(9-8-18(15,3)22)17(21)11-14-6-4-5-7-16(14)20/h4-7,13,15,20,22H,8-12H2,1-3H3/t15-,18+/m0/s1. The molecule has 0 bridgehead atoms. The van der Waals surface area contributed by atoms with Crippen molar-refractivity contribution >= 4 is 5.91 Å². The third kappa shape index (κ3) is 4.01. The molecule has 1 amide bonds. The molecule has 4 nitrogen and oxygen atoms in total. The van der Waals surface area contributed by atoms with E-state index in [-0.39, 0.29) is 24.0 Å². The molecule has 1 aromatic carbocycles. The number of phenols is 1. The quantitative estimate of drug-likeness (QED) is 0.899. The van der Waals surface area contributed by atoms with Crippen LogP contribution in [-0.2, 0) is 11.2 Å². The highest BCUT2D eigenvalue weighted by molar-refractivity contribution is 5.79. The van der Waals surface area contributed by atoms with Gasteiger partial charge in [-0.25, -0.2) is 0 Å². The second-order valence-corrected chi connectivity index (χ2v) is 7.08. The Morgan fingerprint density at radius 1 is 1.41 bits per heavy atom.